The maximum atomic E-state index is 12.7. The van der Waals surface area contributed by atoms with Crippen molar-refractivity contribution in [1.29, 1.82) is 0 Å². The highest BCUT2D eigenvalue weighted by Gasteiger charge is 2.19. The van der Waals surface area contributed by atoms with Crippen LogP contribution in [0.2, 0.25) is 0 Å². The predicted octanol–water partition coefficient (Wildman–Crippen LogP) is 2.54. The third-order valence-electron chi connectivity index (χ3n) is 2.41. The van der Waals surface area contributed by atoms with Gasteiger partial charge in [0.2, 0.25) is 0 Å². The zero-order valence-corrected chi connectivity index (χ0v) is 10.6. The number of hydrogen-bond donors (Lipinski definition) is 2. The largest absolute Gasteiger partial charge is 0.478 e. The minimum Gasteiger partial charge on any atom is -0.478 e. The van der Waals surface area contributed by atoms with E-state index >= 15 is 0 Å². The van der Waals surface area contributed by atoms with E-state index < -0.39 is 17.7 Å². The number of halogens is 1. The Morgan fingerprint density at radius 1 is 1.32 bits per heavy atom. The second-order valence-corrected chi connectivity index (χ2v) is 4.51. The number of carboxylic acid groups (broad SMARTS) is 1. The lowest BCUT2D eigenvalue weighted by atomic mass is 10.2. The van der Waals surface area contributed by atoms with Crippen LogP contribution >= 0.6 is 11.5 Å². The molecular weight excluding hydrogens is 271 g/mol. The topological polar surface area (TPSA) is 79.3 Å². The van der Waals surface area contributed by atoms with Crippen molar-refractivity contribution in [3.63, 3.8) is 0 Å². The summed E-state index contributed by atoms with van der Waals surface area (Å²) in [6.07, 6.45) is 0. The van der Waals surface area contributed by atoms with Gasteiger partial charge in [0.1, 0.15) is 16.4 Å². The van der Waals surface area contributed by atoms with E-state index in [1.807, 2.05) is 0 Å². The molecular formula is C12H9FN2O3S. The van der Waals surface area contributed by atoms with Gasteiger partial charge in [-0.3, -0.25) is 4.79 Å². The number of carboxylic acids is 1. The van der Waals surface area contributed by atoms with E-state index in [1.165, 1.54) is 12.1 Å². The summed E-state index contributed by atoms with van der Waals surface area (Å²) in [5.41, 5.74) is 0.552. The zero-order valence-electron chi connectivity index (χ0n) is 9.81. The first-order valence-electron chi connectivity index (χ1n) is 5.25. The van der Waals surface area contributed by atoms with Crippen LogP contribution < -0.4 is 5.32 Å². The second-order valence-electron chi connectivity index (χ2n) is 3.74. The van der Waals surface area contributed by atoms with Crippen molar-refractivity contribution in [3.8, 4) is 0 Å². The minimum atomic E-state index is -1.15. The summed E-state index contributed by atoms with van der Waals surface area (Å²) >= 11 is 0.894. The fraction of sp³-hybridized carbons (Fsp3) is 0.0833. The van der Waals surface area contributed by atoms with Crippen molar-refractivity contribution in [2.45, 2.75) is 6.92 Å². The van der Waals surface area contributed by atoms with Crippen LogP contribution in [0.15, 0.2) is 24.3 Å². The van der Waals surface area contributed by atoms with Crippen LogP contribution in [0.1, 0.15) is 26.4 Å². The first-order valence-corrected chi connectivity index (χ1v) is 6.03. The van der Waals surface area contributed by atoms with Gasteiger partial charge < -0.3 is 10.4 Å². The van der Waals surface area contributed by atoms with E-state index in [9.17, 15) is 14.0 Å². The fourth-order valence-electron chi connectivity index (χ4n) is 1.48. The molecule has 0 aliphatic carbocycles. The quantitative estimate of drug-likeness (QED) is 0.905. The van der Waals surface area contributed by atoms with Crippen LogP contribution in [-0.2, 0) is 0 Å². The number of aromatic nitrogens is 1. The van der Waals surface area contributed by atoms with E-state index in [1.54, 1.807) is 6.92 Å². The van der Waals surface area contributed by atoms with E-state index in [0.29, 0.717) is 5.69 Å². The Kier molecular flexibility index (Phi) is 3.57. The Morgan fingerprint density at radius 2 is 1.95 bits per heavy atom. The van der Waals surface area contributed by atoms with Crippen LogP contribution in [0.4, 0.5) is 9.39 Å². The van der Waals surface area contributed by atoms with E-state index in [-0.39, 0.29) is 16.1 Å². The average molecular weight is 280 g/mol. The Labute approximate surface area is 111 Å². The number of hydrogen-bond acceptors (Lipinski definition) is 4. The average Bonchev–Trinajstić information content (AvgIpc) is 2.71. The molecule has 0 radical (unpaired) electrons. The van der Waals surface area contributed by atoms with Crippen molar-refractivity contribution < 1.29 is 19.1 Å². The van der Waals surface area contributed by atoms with Gasteiger partial charge in [-0.1, -0.05) is 0 Å². The summed E-state index contributed by atoms with van der Waals surface area (Å²) in [7, 11) is 0. The summed E-state index contributed by atoms with van der Waals surface area (Å²) in [5, 5.41) is 11.6. The van der Waals surface area contributed by atoms with Crippen molar-refractivity contribution in [1.82, 2.24) is 4.37 Å². The summed E-state index contributed by atoms with van der Waals surface area (Å²) in [4.78, 5) is 22.9. The maximum absolute atomic E-state index is 12.7. The highest BCUT2D eigenvalue weighted by molar-refractivity contribution is 7.11. The number of aromatic carboxylic acids is 1. The standard InChI is InChI=1S/C12H9FN2O3S/c1-6-9(12(17)18)11(19-15-6)14-10(16)7-2-4-8(13)5-3-7/h2-5H,1H3,(H,14,16)(H,17,18). The number of benzene rings is 1. The molecule has 0 aliphatic heterocycles. The lowest BCUT2D eigenvalue weighted by Crippen LogP contribution is -2.13. The van der Waals surface area contributed by atoms with E-state index in [2.05, 4.69) is 9.69 Å². The molecule has 1 amide bonds. The van der Waals surface area contributed by atoms with Crippen LogP contribution in [0, 0.1) is 12.7 Å². The lowest BCUT2D eigenvalue weighted by molar-refractivity contribution is 0.0697. The first-order chi connectivity index (χ1) is 8.99. The monoisotopic (exact) mass is 280 g/mol. The molecule has 2 N–H and O–H groups in total. The number of carbonyl (C=O) groups excluding carboxylic acids is 1. The SMILES string of the molecule is Cc1nsc(NC(=O)c2ccc(F)cc2)c1C(=O)O. The van der Waals surface area contributed by atoms with Gasteiger partial charge in [-0.15, -0.1) is 0 Å². The summed E-state index contributed by atoms with van der Waals surface area (Å²) < 4.78 is 16.6. The van der Waals surface area contributed by atoms with Gasteiger partial charge in [-0.25, -0.2) is 9.18 Å². The molecule has 0 saturated heterocycles. The van der Waals surface area contributed by atoms with Gasteiger partial charge in [-0.2, -0.15) is 4.37 Å². The number of aryl methyl sites for hydroxylation is 1. The van der Waals surface area contributed by atoms with Crippen molar-refractivity contribution in [2.24, 2.45) is 0 Å². The molecule has 5 nitrogen and oxygen atoms in total. The predicted molar refractivity (Wildman–Crippen MR) is 68.2 cm³/mol. The normalized spacial score (nSPS) is 10.2. The fourth-order valence-corrected chi connectivity index (χ4v) is 2.27. The number of nitrogens with one attached hydrogen (secondary N) is 1. The lowest BCUT2D eigenvalue weighted by Gasteiger charge is -2.03. The molecule has 0 fully saturated rings. The van der Waals surface area contributed by atoms with Gasteiger partial charge in [0, 0.05) is 5.56 Å². The molecule has 0 unspecified atom stereocenters. The number of carbonyl (C=O) groups is 2. The molecule has 0 saturated carbocycles. The molecule has 2 aromatic rings. The molecule has 98 valence electrons. The summed E-state index contributed by atoms with van der Waals surface area (Å²) in [6, 6.07) is 4.95. The Hall–Kier alpha value is -2.28. The summed E-state index contributed by atoms with van der Waals surface area (Å²) in [5.74, 6) is -2.11. The molecule has 7 heteroatoms. The van der Waals surface area contributed by atoms with Gasteiger partial charge in [0.25, 0.3) is 5.91 Å². The highest BCUT2D eigenvalue weighted by atomic mass is 32.1. The third kappa shape index (κ3) is 2.76. The van der Waals surface area contributed by atoms with Crippen LogP contribution in [-0.4, -0.2) is 21.4 Å². The molecule has 19 heavy (non-hydrogen) atoms. The number of nitrogens with zero attached hydrogens (tertiary/aromatic N) is 1. The van der Waals surface area contributed by atoms with Crippen LogP contribution in [0.25, 0.3) is 0 Å². The molecule has 1 aromatic heterocycles. The van der Waals surface area contributed by atoms with Gasteiger partial charge in [0.15, 0.2) is 0 Å². The highest BCUT2D eigenvalue weighted by Crippen LogP contribution is 2.24. The van der Waals surface area contributed by atoms with Crippen molar-refractivity contribution in [3.05, 3.63) is 46.9 Å². The summed E-state index contributed by atoms with van der Waals surface area (Å²) in [6.45, 7) is 1.55. The van der Waals surface area contributed by atoms with Gasteiger partial charge in [-0.05, 0) is 42.7 Å². The zero-order chi connectivity index (χ0) is 14.0. The minimum absolute atomic E-state index is 0.0274. The molecule has 0 aliphatic rings. The molecule has 0 atom stereocenters. The number of amides is 1. The molecule has 0 bridgehead atoms. The van der Waals surface area contributed by atoms with Crippen molar-refractivity contribution in [2.75, 3.05) is 5.32 Å². The maximum Gasteiger partial charge on any atom is 0.340 e. The van der Waals surface area contributed by atoms with E-state index in [0.717, 1.165) is 23.7 Å². The number of anilines is 1. The molecule has 1 aromatic carbocycles. The first kappa shape index (κ1) is 13.2. The smallest absolute Gasteiger partial charge is 0.340 e. The van der Waals surface area contributed by atoms with Crippen molar-refractivity contribution >= 4 is 28.4 Å². The van der Waals surface area contributed by atoms with Gasteiger partial charge >= 0.3 is 5.97 Å². The Balaban J connectivity index is 2.24. The van der Waals surface area contributed by atoms with Crippen LogP contribution in [0.5, 0.6) is 0 Å². The van der Waals surface area contributed by atoms with Crippen LogP contribution in [0.3, 0.4) is 0 Å². The Bertz CT molecular complexity index is 637. The third-order valence-corrected chi connectivity index (χ3v) is 3.26. The Morgan fingerprint density at radius 3 is 2.53 bits per heavy atom. The molecule has 0 spiro atoms. The second kappa shape index (κ2) is 5.15. The number of rotatable bonds is 3. The van der Waals surface area contributed by atoms with E-state index in [4.69, 9.17) is 5.11 Å². The molecule has 2 rings (SSSR count). The molecule has 1 heterocycles. The van der Waals surface area contributed by atoms with Gasteiger partial charge in [0.05, 0.1) is 5.69 Å².